The Labute approximate surface area is 189 Å². The Morgan fingerprint density at radius 1 is 1.00 bits per heavy atom. The fourth-order valence-electron chi connectivity index (χ4n) is 3.72. The number of benzene rings is 2. The van der Waals surface area contributed by atoms with E-state index in [0.717, 1.165) is 11.1 Å². The topological polar surface area (TPSA) is 81.1 Å². The van der Waals surface area contributed by atoms with E-state index >= 15 is 0 Å². The van der Waals surface area contributed by atoms with Crippen LogP contribution in [0.25, 0.3) is 10.9 Å². The van der Waals surface area contributed by atoms with Crippen molar-refractivity contribution >= 4 is 39.9 Å². The molecule has 0 fully saturated rings. The van der Waals surface area contributed by atoms with Gasteiger partial charge in [0.25, 0.3) is 0 Å². The number of aryl methyl sites for hydroxylation is 2. The molecule has 0 unspecified atom stereocenters. The molecule has 2 heterocycles. The van der Waals surface area contributed by atoms with Gasteiger partial charge < -0.3 is 9.88 Å². The van der Waals surface area contributed by atoms with E-state index in [0.29, 0.717) is 21.8 Å². The summed E-state index contributed by atoms with van der Waals surface area (Å²) in [6, 6.07) is 13.7. The minimum Gasteiger partial charge on any atom is -0.337 e. The second-order valence-electron chi connectivity index (χ2n) is 7.65. The molecule has 0 radical (unpaired) electrons. The number of hydrogen-bond donors (Lipinski definition) is 1. The van der Waals surface area contributed by atoms with Crippen LogP contribution in [-0.2, 0) is 11.3 Å². The van der Waals surface area contributed by atoms with E-state index in [9.17, 15) is 14.4 Å². The van der Waals surface area contributed by atoms with Gasteiger partial charge in [0.05, 0.1) is 11.1 Å². The Bertz CT molecular complexity index is 1390. The molecule has 0 aliphatic heterocycles. The average Bonchev–Trinajstić information content (AvgIpc) is 2.75. The van der Waals surface area contributed by atoms with Crippen molar-refractivity contribution in [3.8, 4) is 0 Å². The quantitative estimate of drug-likeness (QED) is 0.457. The van der Waals surface area contributed by atoms with Gasteiger partial charge in [0.1, 0.15) is 6.54 Å². The summed E-state index contributed by atoms with van der Waals surface area (Å²) in [5.74, 6) is -0.722. The monoisotopic (exact) mass is 445 g/mol. The normalized spacial score (nSPS) is 10.8. The van der Waals surface area contributed by atoms with Gasteiger partial charge >= 0.3 is 0 Å². The van der Waals surface area contributed by atoms with E-state index in [1.54, 1.807) is 28.8 Å². The van der Waals surface area contributed by atoms with Crippen LogP contribution in [0.15, 0.2) is 71.9 Å². The number of carbonyl (C=O) groups excluding carboxylic acids is 2. The number of nitrogens with zero attached hydrogens (tertiary/aromatic N) is 2. The van der Waals surface area contributed by atoms with Gasteiger partial charge in [-0.1, -0.05) is 17.7 Å². The maximum absolute atomic E-state index is 13.1. The SMILES string of the molecule is Cc1cc(C)cc(NC(=O)Cn2cc(C(=O)c3ccncc3)c(=O)c3cc(Cl)ccc32)c1. The number of amides is 1. The molecule has 0 saturated carbocycles. The van der Waals surface area contributed by atoms with Gasteiger partial charge in [-0.25, -0.2) is 0 Å². The number of nitrogens with one attached hydrogen (secondary N) is 1. The lowest BCUT2D eigenvalue weighted by Crippen LogP contribution is -2.24. The Morgan fingerprint density at radius 2 is 1.69 bits per heavy atom. The highest BCUT2D eigenvalue weighted by Crippen LogP contribution is 2.20. The number of carbonyl (C=O) groups is 2. The molecule has 4 aromatic rings. The van der Waals surface area contributed by atoms with Crippen LogP contribution in [-0.4, -0.2) is 21.2 Å². The van der Waals surface area contributed by atoms with Crippen LogP contribution >= 0.6 is 11.6 Å². The third-order valence-electron chi connectivity index (χ3n) is 5.05. The van der Waals surface area contributed by atoms with Crippen LogP contribution in [0.1, 0.15) is 27.0 Å². The summed E-state index contributed by atoms with van der Waals surface area (Å²) in [5.41, 5.74) is 3.14. The summed E-state index contributed by atoms with van der Waals surface area (Å²) >= 11 is 6.11. The zero-order valence-electron chi connectivity index (χ0n) is 17.6. The molecule has 4 rings (SSSR count). The predicted molar refractivity (Wildman–Crippen MR) is 125 cm³/mol. The van der Waals surface area contributed by atoms with Crippen molar-refractivity contribution in [2.45, 2.75) is 20.4 Å². The minimum absolute atomic E-state index is 0.0369. The maximum atomic E-state index is 13.1. The number of halogens is 1. The van der Waals surface area contributed by atoms with Gasteiger partial charge in [-0.15, -0.1) is 0 Å². The molecule has 2 aromatic carbocycles. The molecular weight excluding hydrogens is 426 g/mol. The number of ketones is 1. The van der Waals surface area contributed by atoms with Crippen LogP contribution in [0, 0.1) is 13.8 Å². The minimum atomic E-state index is -0.442. The summed E-state index contributed by atoms with van der Waals surface area (Å²) in [6.07, 6.45) is 4.41. The number of pyridine rings is 2. The average molecular weight is 446 g/mol. The lowest BCUT2D eigenvalue weighted by molar-refractivity contribution is -0.116. The van der Waals surface area contributed by atoms with Crippen molar-refractivity contribution in [2.24, 2.45) is 0 Å². The third kappa shape index (κ3) is 4.45. The third-order valence-corrected chi connectivity index (χ3v) is 5.28. The van der Waals surface area contributed by atoms with E-state index in [1.165, 1.54) is 24.7 Å². The first kappa shape index (κ1) is 21.5. The van der Waals surface area contributed by atoms with Crippen molar-refractivity contribution in [1.29, 1.82) is 0 Å². The second-order valence-corrected chi connectivity index (χ2v) is 8.09. The van der Waals surface area contributed by atoms with Crippen molar-refractivity contribution in [3.63, 3.8) is 0 Å². The summed E-state index contributed by atoms with van der Waals surface area (Å²) in [6.45, 7) is 3.83. The van der Waals surface area contributed by atoms with Gasteiger partial charge in [-0.2, -0.15) is 0 Å². The zero-order chi connectivity index (χ0) is 22.8. The fraction of sp³-hybridized carbons (Fsp3) is 0.120. The molecule has 160 valence electrons. The molecule has 1 amide bonds. The zero-order valence-corrected chi connectivity index (χ0v) is 18.3. The van der Waals surface area contributed by atoms with E-state index < -0.39 is 11.2 Å². The van der Waals surface area contributed by atoms with E-state index in [2.05, 4.69) is 10.3 Å². The first-order chi connectivity index (χ1) is 15.3. The highest BCUT2D eigenvalue weighted by molar-refractivity contribution is 6.31. The van der Waals surface area contributed by atoms with Gasteiger partial charge in [-0.05, 0) is 67.4 Å². The molecule has 0 atom stereocenters. The summed E-state index contributed by atoms with van der Waals surface area (Å²) in [7, 11) is 0. The van der Waals surface area contributed by atoms with Crippen LogP contribution in [0.3, 0.4) is 0 Å². The second kappa shape index (κ2) is 8.77. The maximum Gasteiger partial charge on any atom is 0.244 e. The Kier molecular flexibility index (Phi) is 5.88. The molecule has 0 aliphatic rings. The van der Waals surface area contributed by atoms with Crippen molar-refractivity contribution < 1.29 is 9.59 Å². The molecule has 0 saturated heterocycles. The van der Waals surface area contributed by atoms with Crippen molar-refractivity contribution in [1.82, 2.24) is 9.55 Å². The van der Waals surface area contributed by atoms with Crippen LogP contribution < -0.4 is 10.7 Å². The van der Waals surface area contributed by atoms with E-state index in [1.807, 2.05) is 32.0 Å². The van der Waals surface area contributed by atoms with Gasteiger partial charge in [0.2, 0.25) is 11.3 Å². The van der Waals surface area contributed by atoms with Gasteiger partial charge in [0, 0.05) is 40.3 Å². The summed E-state index contributed by atoms with van der Waals surface area (Å²) < 4.78 is 1.60. The predicted octanol–water partition coefficient (Wildman–Crippen LogP) is 4.54. The first-order valence-corrected chi connectivity index (χ1v) is 10.4. The first-order valence-electron chi connectivity index (χ1n) is 9.97. The summed E-state index contributed by atoms with van der Waals surface area (Å²) in [4.78, 5) is 42.8. The summed E-state index contributed by atoms with van der Waals surface area (Å²) in [5, 5.41) is 3.53. The number of anilines is 1. The highest BCUT2D eigenvalue weighted by Gasteiger charge is 2.18. The fourth-order valence-corrected chi connectivity index (χ4v) is 3.90. The molecule has 2 aromatic heterocycles. The van der Waals surface area contributed by atoms with E-state index in [4.69, 9.17) is 11.6 Å². The number of hydrogen-bond acceptors (Lipinski definition) is 4. The lowest BCUT2D eigenvalue weighted by Gasteiger charge is -2.14. The number of fused-ring (bicyclic) bond motifs is 1. The lowest BCUT2D eigenvalue weighted by atomic mass is 10.0. The smallest absolute Gasteiger partial charge is 0.244 e. The number of aromatic nitrogens is 2. The van der Waals surface area contributed by atoms with Gasteiger partial charge in [0.15, 0.2) is 5.78 Å². The van der Waals surface area contributed by atoms with Crippen LogP contribution in [0.2, 0.25) is 5.02 Å². The molecule has 0 spiro atoms. The standard InChI is InChI=1S/C25H20ClN3O3/c1-15-9-16(2)11-19(10-15)28-23(30)14-29-13-21(24(31)17-5-7-27-8-6-17)25(32)20-12-18(26)3-4-22(20)29/h3-13H,14H2,1-2H3,(H,28,30). The molecule has 6 nitrogen and oxygen atoms in total. The highest BCUT2D eigenvalue weighted by atomic mass is 35.5. The molecule has 0 aliphatic carbocycles. The largest absolute Gasteiger partial charge is 0.337 e. The molecule has 32 heavy (non-hydrogen) atoms. The Morgan fingerprint density at radius 3 is 2.38 bits per heavy atom. The molecule has 0 bridgehead atoms. The Hall–Kier alpha value is -3.77. The van der Waals surface area contributed by atoms with Crippen LogP contribution in [0.5, 0.6) is 0 Å². The van der Waals surface area contributed by atoms with Crippen molar-refractivity contribution in [2.75, 3.05) is 5.32 Å². The van der Waals surface area contributed by atoms with Crippen LogP contribution in [0.4, 0.5) is 5.69 Å². The molecule has 7 heteroatoms. The number of rotatable bonds is 5. The molecule has 1 N–H and O–H groups in total. The van der Waals surface area contributed by atoms with Crippen molar-refractivity contribution in [3.05, 3.63) is 105 Å². The Balaban J connectivity index is 1.76. The van der Waals surface area contributed by atoms with E-state index in [-0.39, 0.29) is 23.4 Å². The molecular formula is C25H20ClN3O3. The van der Waals surface area contributed by atoms with Gasteiger partial charge in [-0.3, -0.25) is 19.4 Å².